The first-order valence-electron chi connectivity index (χ1n) is 31.0. The van der Waals surface area contributed by atoms with Crippen molar-refractivity contribution in [2.75, 3.05) is 0 Å². The molecule has 0 radical (unpaired) electrons. The summed E-state index contributed by atoms with van der Waals surface area (Å²) in [4.78, 5) is 13.7. The van der Waals surface area contributed by atoms with Crippen molar-refractivity contribution in [3.63, 3.8) is 0 Å². The summed E-state index contributed by atoms with van der Waals surface area (Å²) in [6.07, 6.45) is 1.03. The van der Waals surface area contributed by atoms with Crippen LogP contribution in [-0.4, -0.2) is 44.1 Å². The third kappa shape index (κ3) is 10.6. The largest absolute Gasteiger partial charge is 0.334 e. The highest BCUT2D eigenvalue weighted by atomic mass is 16.5. The molecule has 0 bridgehead atoms. The standard InChI is InChI=1S/C28H21N3O.C27H19N3O.C26H17N3O/c1-2-19-12-17-26-24(18-19)23-10-6-7-11-25(23)31(26)22-15-13-21(14-16-22)28-29-27(30-32-28)20-8-4-3-5-9-20;1-18-11-16-25-23(17-18)22-9-5-6-10-24(22)30(25)21-14-12-20(13-15-21)27-28-26(29-31-27)19-7-3-2-4-8-19;1-2-8-18(9-3-1)25-27-26(30-28-25)19-14-16-20(17-15-19)29-23-12-6-4-10-21(23)22-11-5-7-13-24(22)29/h3-18H,2H2,1H3;2-17H,1H3;1-17H. The molecule has 0 fully saturated rings. The van der Waals surface area contributed by atoms with Crippen molar-refractivity contribution in [3.05, 3.63) is 308 Å². The number of nitrogens with zero attached hydrogens (tertiary/aromatic N) is 9. The lowest BCUT2D eigenvalue weighted by Gasteiger charge is -2.08. The zero-order valence-electron chi connectivity index (χ0n) is 50.7. The highest BCUT2D eigenvalue weighted by Crippen LogP contribution is 2.37. The number of aromatic nitrogens is 9. The molecule has 0 saturated carbocycles. The Morgan fingerprint density at radius 1 is 0.269 bits per heavy atom. The van der Waals surface area contributed by atoms with E-state index in [4.69, 9.17) is 13.6 Å². The molecule has 0 unspecified atom stereocenters. The van der Waals surface area contributed by atoms with Gasteiger partial charge in [0.05, 0.1) is 33.1 Å². The molecule has 0 amide bonds. The van der Waals surface area contributed by atoms with Crippen molar-refractivity contribution < 1.29 is 13.6 Å². The van der Waals surface area contributed by atoms with E-state index in [0.29, 0.717) is 35.1 Å². The molecule has 0 saturated heterocycles. The summed E-state index contributed by atoms with van der Waals surface area (Å²) in [6, 6.07) is 102. The summed E-state index contributed by atoms with van der Waals surface area (Å²) in [6.45, 7) is 4.33. The van der Waals surface area contributed by atoms with Gasteiger partial charge in [0.15, 0.2) is 0 Å². The van der Waals surface area contributed by atoms with Crippen LogP contribution < -0.4 is 0 Å². The predicted octanol–water partition coefficient (Wildman–Crippen LogP) is 20.4. The molecule has 0 aliphatic carbocycles. The van der Waals surface area contributed by atoms with Crippen LogP contribution in [0, 0.1) is 6.92 Å². The quantitative estimate of drug-likeness (QED) is 0.131. The fraction of sp³-hybridized carbons (Fsp3) is 0.0370. The molecule has 12 heteroatoms. The summed E-state index contributed by atoms with van der Waals surface area (Å²) in [7, 11) is 0. The fourth-order valence-corrected chi connectivity index (χ4v) is 12.5. The Bertz CT molecular complexity index is 5610. The predicted molar refractivity (Wildman–Crippen MR) is 373 cm³/mol. The van der Waals surface area contributed by atoms with Gasteiger partial charge in [0.1, 0.15) is 0 Å². The number of aryl methyl sites for hydroxylation is 2. The van der Waals surface area contributed by atoms with E-state index in [-0.39, 0.29) is 0 Å². The maximum atomic E-state index is 5.53. The first kappa shape index (κ1) is 55.7. The first-order chi connectivity index (χ1) is 46.0. The minimum atomic E-state index is 0.516. The topological polar surface area (TPSA) is 132 Å². The zero-order chi connectivity index (χ0) is 62.2. The number of benzene rings is 12. The van der Waals surface area contributed by atoms with Gasteiger partial charge >= 0.3 is 0 Å². The van der Waals surface area contributed by atoms with E-state index in [1.54, 1.807) is 0 Å². The summed E-state index contributed by atoms with van der Waals surface area (Å²) in [5.41, 5.74) is 18.6. The summed E-state index contributed by atoms with van der Waals surface area (Å²) < 4.78 is 23.5. The highest BCUT2D eigenvalue weighted by molar-refractivity contribution is 6.11. The van der Waals surface area contributed by atoms with Gasteiger partial charge in [-0.15, -0.1) is 0 Å². The second-order valence-electron chi connectivity index (χ2n) is 22.8. The van der Waals surface area contributed by atoms with Crippen LogP contribution in [0.1, 0.15) is 18.1 Å². The molecule has 0 aliphatic heterocycles. The average Bonchev–Trinajstić information content (AvgIpc) is 1.66. The molecule has 18 aromatic rings. The molecular weight excluding hydrogens is 1150 g/mol. The Hall–Kier alpha value is -12.5. The Kier molecular flexibility index (Phi) is 14.4. The Labute approximate surface area is 534 Å². The summed E-state index contributed by atoms with van der Waals surface area (Å²) >= 11 is 0. The van der Waals surface area contributed by atoms with Gasteiger partial charge < -0.3 is 27.3 Å². The van der Waals surface area contributed by atoms with Gasteiger partial charge in [0.2, 0.25) is 17.5 Å². The molecule has 0 N–H and O–H groups in total. The van der Waals surface area contributed by atoms with Crippen LogP contribution in [0.25, 0.3) is 151 Å². The molecule has 93 heavy (non-hydrogen) atoms. The van der Waals surface area contributed by atoms with E-state index in [0.717, 1.165) is 56.9 Å². The minimum absolute atomic E-state index is 0.516. The number of fused-ring (bicyclic) bond motifs is 9. The molecule has 444 valence electrons. The summed E-state index contributed by atoms with van der Waals surface area (Å²) in [5.74, 6) is 3.34. The van der Waals surface area contributed by atoms with E-state index in [9.17, 15) is 0 Å². The third-order valence-electron chi connectivity index (χ3n) is 17.0. The van der Waals surface area contributed by atoms with Gasteiger partial charge in [0, 0.05) is 82.8 Å². The van der Waals surface area contributed by atoms with Crippen LogP contribution in [-0.2, 0) is 6.42 Å². The fourth-order valence-electron chi connectivity index (χ4n) is 12.5. The number of hydrogen-bond acceptors (Lipinski definition) is 9. The van der Waals surface area contributed by atoms with Gasteiger partial charge in [-0.1, -0.05) is 204 Å². The lowest BCUT2D eigenvalue weighted by molar-refractivity contribution is 0.432. The van der Waals surface area contributed by atoms with Crippen LogP contribution in [0.15, 0.2) is 311 Å². The molecule has 18 rings (SSSR count). The van der Waals surface area contributed by atoms with Gasteiger partial charge in [-0.2, -0.15) is 15.0 Å². The normalized spacial score (nSPS) is 11.4. The molecule has 12 nitrogen and oxygen atoms in total. The Balaban J connectivity index is 0.000000111. The number of hydrogen-bond donors (Lipinski definition) is 0. The molecule has 0 aliphatic rings. The maximum Gasteiger partial charge on any atom is 0.258 e. The molecule has 0 spiro atoms. The Morgan fingerprint density at radius 3 is 0.903 bits per heavy atom. The van der Waals surface area contributed by atoms with Gasteiger partial charge in [-0.05, 0) is 140 Å². The number of para-hydroxylation sites is 4. The summed E-state index contributed by atoms with van der Waals surface area (Å²) in [5, 5.41) is 20.0. The minimum Gasteiger partial charge on any atom is -0.334 e. The van der Waals surface area contributed by atoms with Crippen LogP contribution in [0.4, 0.5) is 0 Å². The zero-order valence-corrected chi connectivity index (χ0v) is 50.7. The second kappa shape index (κ2) is 24.1. The molecule has 6 aromatic heterocycles. The van der Waals surface area contributed by atoms with E-state index in [2.05, 4.69) is 228 Å². The second-order valence-corrected chi connectivity index (χ2v) is 22.8. The van der Waals surface area contributed by atoms with E-state index in [1.807, 2.05) is 127 Å². The van der Waals surface area contributed by atoms with Crippen molar-refractivity contribution >= 4 is 65.4 Å². The van der Waals surface area contributed by atoms with Crippen molar-refractivity contribution in [1.29, 1.82) is 0 Å². The van der Waals surface area contributed by atoms with E-state index in [1.165, 1.54) is 76.5 Å². The smallest absolute Gasteiger partial charge is 0.258 e. The SMILES string of the molecule is CCc1ccc2c(c1)c1ccccc1n2-c1ccc(-c2nc(-c3ccccc3)no2)cc1.Cc1ccc2c(c1)c1ccccc1n2-c1ccc(-c2nc(-c3ccccc3)no2)cc1.c1ccc(-c2noc(-c3ccc(-n4c5ccccc5c5ccccc54)cc3)n2)cc1. The monoisotopic (exact) mass is 1200 g/mol. The van der Waals surface area contributed by atoms with Crippen molar-refractivity contribution in [1.82, 2.24) is 44.1 Å². The number of rotatable bonds is 10. The molecule has 12 aromatic carbocycles. The molecule has 6 heterocycles. The van der Waals surface area contributed by atoms with Crippen molar-refractivity contribution in [2.24, 2.45) is 0 Å². The van der Waals surface area contributed by atoms with Crippen LogP contribution in [0.5, 0.6) is 0 Å². The van der Waals surface area contributed by atoms with Crippen molar-refractivity contribution in [3.8, 4) is 85.6 Å². The molecular formula is C81H57N9O3. The first-order valence-corrected chi connectivity index (χ1v) is 31.0. The van der Waals surface area contributed by atoms with E-state index >= 15 is 0 Å². The Morgan fingerprint density at radius 2 is 0.559 bits per heavy atom. The lowest BCUT2D eigenvalue weighted by Crippen LogP contribution is -1.94. The van der Waals surface area contributed by atoms with Crippen LogP contribution in [0.3, 0.4) is 0 Å². The third-order valence-corrected chi connectivity index (χ3v) is 17.0. The van der Waals surface area contributed by atoms with Gasteiger partial charge in [-0.3, -0.25) is 0 Å². The lowest BCUT2D eigenvalue weighted by atomic mass is 10.1. The maximum absolute atomic E-state index is 5.53. The van der Waals surface area contributed by atoms with Crippen LogP contribution >= 0.6 is 0 Å². The highest BCUT2D eigenvalue weighted by Gasteiger charge is 2.19. The molecule has 0 atom stereocenters. The van der Waals surface area contributed by atoms with E-state index < -0.39 is 0 Å². The average molecular weight is 1200 g/mol. The van der Waals surface area contributed by atoms with Gasteiger partial charge in [-0.25, -0.2) is 0 Å². The van der Waals surface area contributed by atoms with Crippen LogP contribution in [0.2, 0.25) is 0 Å². The van der Waals surface area contributed by atoms with Gasteiger partial charge in [0.25, 0.3) is 17.7 Å². The van der Waals surface area contributed by atoms with Crippen molar-refractivity contribution in [2.45, 2.75) is 20.3 Å².